The molecule has 10 heteroatoms. The molecule has 10 nitrogen and oxygen atoms in total. The second kappa shape index (κ2) is 23.1. The average Bonchev–Trinajstić information content (AvgIpc) is 2.72. The van der Waals surface area contributed by atoms with E-state index < -0.39 is 12.1 Å². The summed E-state index contributed by atoms with van der Waals surface area (Å²) in [6, 6.07) is -1.38. The Morgan fingerprint density at radius 1 is 0.633 bits per heavy atom. The lowest BCUT2D eigenvalue weighted by molar-refractivity contribution is -0.112. The first kappa shape index (κ1) is 32.5. The third kappa shape index (κ3) is 23.9. The molecular formula is C20H38N4O6. The van der Waals surface area contributed by atoms with Gasteiger partial charge in [0.15, 0.2) is 0 Å². The van der Waals surface area contributed by atoms with Gasteiger partial charge in [-0.25, -0.2) is 0 Å². The predicted molar refractivity (Wildman–Crippen MR) is 114 cm³/mol. The second-order valence-electron chi connectivity index (χ2n) is 7.13. The summed E-state index contributed by atoms with van der Waals surface area (Å²) >= 11 is 0. The molecule has 6 unspecified atom stereocenters. The van der Waals surface area contributed by atoms with Crippen molar-refractivity contribution in [3.63, 3.8) is 0 Å². The highest BCUT2D eigenvalue weighted by Gasteiger charge is 2.10. The van der Waals surface area contributed by atoms with Crippen molar-refractivity contribution in [1.29, 1.82) is 0 Å². The van der Waals surface area contributed by atoms with E-state index in [1.54, 1.807) is 0 Å². The van der Waals surface area contributed by atoms with Crippen LogP contribution < -0.4 is 22.9 Å². The first-order chi connectivity index (χ1) is 14.1. The summed E-state index contributed by atoms with van der Waals surface area (Å²) in [6.07, 6.45) is 7.27. The molecule has 30 heavy (non-hydrogen) atoms. The lowest BCUT2D eigenvalue weighted by atomic mass is 9.98. The minimum atomic E-state index is -0.532. The van der Waals surface area contributed by atoms with Crippen LogP contribution in [0.15, 0.2) is 0 Å². The standard InChI is InChI=1S/2C7H13NO2.C6H12N2O2/c1-6(2-4-9)7(8)3-5-10;1-6(4-9)2-3-7(8)5-10;7-5(1-2-9)3-6(8)4-10/h2*4-7H,2-3,8H2,1H3;2,4-6H,1,3,7-8H2. The number of aldehydes is 6. The quantitative estimate of drug-likeness (QED) is 0.235. The highest BCUT2D eigenvalue weighted by molar-refractivity contribution is 5.58. The van der Waals surface area contributed by atoms with Crippen molar-refractivity contribution in [2.45, 2.75) is 76.5 Å². The predicted octanol–water partition coefficient (Wildman–Crippen LogP) is -0.925. The van der Waals surface area contributed by atoms with Gasteiger partial charge in [0, 0.05) is 37.3 Å². The van der Waals surface area contributed by atoms with Crippen molar-refractivity contribution in [3.05, 3.63) is 0 Å². The zero-order chi connectivity index (χ0) is 23.9. The number of carbonyl (C=O) groups is 6. The van der Waals surface area contributed by atoms with Crippen molar-refractivity contribution in [1.82, 2.24) is 0 Å². The third-order valence-corrected chi connectivity index (χ3v) is 4.08. The Balaban J connectivity index is -0.000000364. The molecule has 6 atom stereocenters. The Bertz CT molecular complexity index is 450. The van der Waals surface area contributed by atoms with E-state index in [0.717, 1.165) is 25.1 Å². The molecule has 0 aliphatic carbocycles. The number of rotatable bonds is 15. The molecule has 8 N–H and O–H groups in total. The molecule has 0 aromatic heterocycles. The molecule has 0 spiro atoms. The van der Waals surface area contributed by atoms with Crippen molar-refractivity contribution in [3.8, 4) is 0 Å². The minimum Gasteiger partial charge on any atom is -0.327 e. The van der Waals surface area contributed by atoms with Crippen LogP contribution in [0, 0.1) is 11.8 Å². The number of hydrogen-bond acceptors (Lipinski definition) is 10. The smallest absolute Gasteiger partial charge is 0.136 e. The van der Waals surface area contributed by atoms with Crippen LogP contribution in [0.5, 0.6) is 0 Å². The molecule has 0 aromatic carbocycles. The molecule has 0 amide bonds. The maximum Gasteiger partial charge on any atom is 0.136 e. The van der Waals surface area contributed by atoms with E-state index in [-0.39, 0.29) is 30.3 Å². The number of carbonyl (C=O) groups excluding carboxylic acids is 6. The van der Waals surface area contributed by atoms with E-state index in [1.165, 1.54) is 0 Å². The summed E-state index contributed by atoms with van der Waals surface area (Å²) in [4.78, 5) is 59.9. The molecule has 0 saturated carbocycles. The van der Waals surface area contributed by atoms with Gasteiger partial charge in [0.25, 0.3) is 0 Å². The maximum absolute atomic E-state index is 10.1. The van der Waals surface area contributed by atoms with E-state index in [1.807, 2.05) is 13.8 Å². The molecule has 0 fully saturated rings. The van der Waals surface area contributed by atoms with E-state index in [9.17, 15) is 28.8 Å². The zero-order valence-corrected chi connectivity index (χ0v) is 17.9. The van der Waals surface area contributed by atoms with Crippen LogP contribution in [0.2, 0.25) is 0 Å². The summed E-state index contributed by atoms with van der Waals surface area (Å²) in [5.41, 5.74) is 21.4. The van der Waals surface area contributed by atoms with Gasteiger partial charge >= 0.3 is 0 Å². The fourth-order valence-electron chi connectivity index (χ4n) is 1.89. The summed E-state index contributed by atoms with van der Waals surface area (Å²) in [6.45, 7) is 3.67. The van der Waals surface area contributed by atoms with E-state index in [4.69, 9.17) is 22.9 Å². The molecule has 0 aliphatic heterocycles. The van der Waals surface area contributed by atoms with Crippen LogP contribution in [0.4, 0.5) is 0 Å². The Morgan fingerprint density at radius 3 is 1.53 bits per heavy atom. The van der Waals surface area contributed by atoms with Crippen molar-refractivity contribution < 1.29 is 28.8 Å². The average molecular weight is 431 g/mol. The monoisotopic (exact) mass is 430 g/mol. The SMILES string of the molecule is CC(C=O)CCC(N)C=O.CC(CC=O)C(N)CC=O.NC(C=O)CC(N)CC=O. The maximum atomic E-state index is 10.1. The largest absolute Gasteiger partial charge is 0.327 e. The van der Waals surface area contributed by atoms with Gasteiger partial charge in [-0.2, -0.15) is 0 Å². The summed E-state index contributed by atoms with van der Waals surface area (Å²) < 4.78 is 0. The highest BCUT2D eigenvalue weighted by atomic mass is 16.1. The van der Waals surface area contributed by atoms with Gasteiger partial charge in [-0.3, -0.25) is 0 Å². The van der Waals surface area contributed by atoms with Crippen LogP contribution in [0.25, 0.3) is 0 Å². The van der Waals surface area contributed by atoms with Crippen LogP contribution in [0.3, 0.4) is 0 Å². The van der Waals surface area contributed by atoms with Crippen LogP contribution in [-0.4, -0.2) is 61.9 Å². The Labute approximate surface area is 178 Å². The van der Waals surface area contributed by atoms with Crippen molar-refractivity contribution >= 4 is 37.7 Å². The molecule has 0 rings (SSSR count). The molecule has 0 aromatic rings. The highest BCUT2D eigenvalue weighted by Crippen LogP contribution is 2.05. The van der Waals surface area contributed by atoms with E-state index >= 15 is 0 Å². The Kier molecular flexibility index (Phi) is 25.1. The van der Waals surface area contributed by atoms with Crippen LogP contribution >= 0.6 is 0 Å². The van der Waals surface area contributed by atoms with Gasteiger partial charge in [0.05, 0.1) is 12.1 Å². The molecule has 174 valence electrons. The van der Waals surface area contributed by atoms with Crippen molar-refractivity contribution in [2.75, 3.05) is 0 Å². The molecule has 0 bridgehead atoms. The van der Waals surface area contributed by atoms with E-state index in [0.29, 0.717) is 44.7 Å². The molecule has 0 aliphatic rings. The normalized spacial score (nSPS) is 15.8. The second-order valence-corrected chi connectivity index (χ2v) is 7.13. The zero-order valence-electron chi connectivity index (χ0n) is 17.9. The fourth-order valence-corrected chi connectivity index (χ4v) is 1.89. The molecule has 0 radical (unpaired) electrons. The first-order valence-corrected chi connectivity index (χ1v) is 9.82. The van der Waals surface area contributed by atoms with E-state index in [2.05, 4.69) is 0 Å². The Morgan fingerprint density at radius 2 is 1.13 bits per heavy atom. The van der Waals surface area contributed by atoms with Crippen molar-refractivity contribution in [2.24, 2.45) is 34.8 Å². The van der Waals surface area contributed by atoms with Gasteiger partial charge in [-0.1, -0.05) is 13.8 Å². The lowest BCUT2D eigenvalue weighted by Gasteiger charge is -2.13. The van der Waals surface area contributed by atoms with Gasteiger partial charge in [0.1, 0.15) is 37.7 Å². The number of nitrogens with two attached hydrogens (primary N) is 4. The van der Waals surface area contributed by atoms with Gasteiger partial charge in [0.2, 0.25) is 0 Å². The lowest BCUT2D eigenvalue weighted by Crippen LogP contribution is -2.32. The molecule has 0 saturated heterocycles. The fraction of sp³-hybridized carbons (Fsp3) is 0.700. The summed E-state index contributed by atoms with van der Waals surface area (Å²) in [7, 11) is 0. The van der Waals surface area contributed by atoms with Crippen LogP contribution in [-0.2, 0) is 28.8 Å². The molecule has 0 heterocycles. The van der Waals surface area contributed by atoms with Crippen LogP contribution in [0.1, 0.15) is 52.4 Å². The van der Waals surface area contributed by atoms with Gasteiger partial charge in [-0.05, 0) is 25.2 Å². The van der Waals surface area contributed by atoms with Gasteiger partial charge < -0.3 is 51.7 Å². The topological polar surface area (TPSA) is 206 Å². The van der Waals surface area contributed by atoms with Gasteiger partial charge in [-0.15, -0.1) is 0 Å². The summed E-state index contributed by atoms with van der Waals surface area (Å²) in [5, 5.41) is 0. The minimum absolute atomic E-state index is 0.0194. The molecular weight excluding hydrogens is 392 g/mol. The third-order valence-electron chi connectivity index (χ3n) is 4.08. The first-order valence-electron chi connectivity index (χ1n) is 9.82. The Hall–Kier alpha value is -2.14. The summed E-state index contributed by atoms with van der Waals surface area (Å²) in [5.74, 6) is 0.133. The number of hydrogen-bond donors (Lipinski definition) is 4.